The maximum atomic E-state index is 11.2. The first-order valence-electron chi connectivity index (χ1n) is 4.07. The second-order valence-corrected chi connectivity index (χ2v) is 3.16. The van der Waals surface area contributed by atoms with E-state index in [1.165, 1.54) is 0 Å². The molecule has 0 atom stereocenters. The largest absolute Gasteiger partial charge is 0.295 e. The Kier molecular flexibility index (Phi) is 1.41. The van der Waals surface area contributed by atoms with Crippen LogP contribution < -0.4 is 0 Å². The molecule has 58 valence electrons. The van der Waals surface area contributed by atoms with E-state index in [1.54, 1.807) is 0 Å². The van der Waals surface area contributed by atoms with Crippen LogP contribution in [0.25, 0.3) is 0 Å². The summed E-state index contributed by atoms with van der Waals surface area (Å²) in [5.74, 6) is 0.439. The van der Waals surface area contributed by atoms with Gasteiger partial charge in [-0.25, -0.2) is 0 Å². The van der Waals surface area contributed by atoms with Gasteiger partial charge in [0.05, 0.1) is 0 Å². The van der Waals surface area contributed by atoms with Gasteiger partial charge in [0.15, 0.2) is 11.6 Å². The number of allylic oxidation sites excluding steroid dienone is 2. The second-order valence-electron chi connectivity index (χ2n) is 3.16. The van der Waals surface area contributed by atoms with E-state index in [-0.39, 0.29) is 11.6 Å². The normalized spacial score (nSPS) is 24.4. The Hall–Kier alpha value is -0.920. The molecule has 0 heterocycles. The minimum atomic E-state index is 0.220. The molecule has 0 spiro atoms. The van der Waals surface area contributed by atoms with Crippen LogP contribution in [-0.4, -0.2) is 11.6 Å². The highest BCUT2D eigenvalue weighted by Crippen LogP contribution is 2.32. The lowest BCUT2D eigenvalue weighted by atomic mass is 9.92. The smallest absolute Gasteiger partial charge is 0.159 e. The van der Waals surface area contributed by atoms with Crippen LogP contribution in [0.4, 0.5) is 0 Å². The highest BCUT2D eigenvalue weighted by Gasteiger charge is 2.29. The third-order valence-electron chi connectivity index (χ3n) is 2.47. The second kappa shape index (κ2) is 2.29. The fraction of sp³-hybridized carbons (Fsp3) is 0.556. The molecule has 0 amide bonds. The number of Topliss-reactive ketones (excluding diaryl/α,β-unsaturated/α-hetero) is 2. The fourth-order valence-corrected chi connectivity index (χ4v) is 1.89. The van der Waals surface area contributed by atoms with Gasteiger partial charge in [0.2, 0.25) is 0 Å². The van der Waals surface area contributed by atoms with Crippen LogP contribution in [0.5, 0.6) is 0 Å². The molecule has 2 nitrogen and oxygen atoms in total. The Morgan fingerprint density at radius 2 is 1.18 bits per heavy atom. The van der Waals surface area contributed by atoms with Crippen molar-refractivity contribution in [2.75, 3.05) is 0 Å². The van der Waals surface area contributed by atoms with Gasteiger partial charge in [-0.2, -0.15) is 0 Å². The monoisotopic (exact) mass is 150 g/mol. The zero-order valence-corrected chi connectivity index (χ0v) is 6.35. The molecule has 2 aliphatic carbocycles. The summed E-state index contributed by atoms with van der Waals surface area (Å²) < 4.78 is 0. The van der Waals surface area contributed by atoms with Crippen molar-refractivity contribution in [1.82, 2.24) is 0 Å². The first-order chi connectivity index (χ1) is 5.29. The molecular formula is C9H10O2. The molecular weight excluding hydrogens is 140 g/mol. The van der Waals surface area contributed by atoms with Gasteiger partial charge in [0.1, 0.15) is 0 Å². The Morgan fingerprint density at radius 3 is 1.64 bits per heavy atom. The molecule has 2 heteroatoms. The topological polar surface area (TPSA) is 34.1 Å². The van der Waals surface area contributed by atoms with Crippen molar-refractivity contribution >= 4 is 11.6 Å². The minimum absolute atomic E-state index is 0.220. The fourth-order valence-electron chi connectivity index (χ4n) is 1.89. The van der Waals surface area contributed by atoms with Crippen molar-refractivity contribution in [3.63, 3.8) is 0 Å². The van der Waals surface area contributed by atoms with Crippen molar-refractivity contribution in [3.05, 3.63) is 11.1 Å². The molecule has 0 fully saturated rings. The molecule has 2 rings (SSSR count). The molecule has 0 radical (unpaired) electrons. The standard InChI is InChI=1S/C9H10O2/c10-8-4-5-9(11)7-3-1-2-6(7)8/h1-5H2. The maximum Gasteiger partial charge on any atom is 0.159 e. The lowest BCUT2D eigenvalue weighted by molar-refractivity contribution is -0.122. The summed E-state index contributed by atoms with van der Waals surface area (Å²) in [4.78, 5) is 22.4. The molecule has 0 aromatic rings. The number of carbonyl (C=O) groups is 2. The van der Waals surface area contributed by atoms with E-state index in [1.807, 2.05) is 0 Å². The molecule has 0 unspecified atom stereocenters. The van der Waals surface area contributed by atoms with Crippen molar-refractivity contribution in [1.29, 1.82) is 0 Å². The highest BCUT2D eigenvalue weighted by atomic mass is 16.1. The average Bonchev–Trinajstić information content (AvgIpc) is 2.45. The van der Waals surface area contributed by atoms with Crippen molar-refractivity contribution < 1.29 is 9.59 Å². The van der Waals surface area contributed by atoms with E-state index in [0.29, 0.717) is 12.8 Å². The predicted molar refractivity (Wildman–Crippen MR) is 40.1 cm³/mol. The van der Waals surface area contributed by atoms with Crippen LogP contribution in [0, 0.1) is 0 Å². The van der Waals surface area contributed by atoms with Gasteiger partial charge in [-0.05, 0) is 19.3 Å². The molecule has 0 bridgehead atoms. The van der Waals surface area contributed by atoms with Gasteiger partial charge in [0.25, 0.3) is 0 Å². The molecule has 0 aromatic carbocycles. The quantitative estimate of drug-likeness (QED) is 0.523. The summed E-state index contributed by atoms with van der Waals surface area (Å²) in [6.07, 6.45) is 3.61. The van der Waals surface area contributed by atoms with Gasteiger partial charge in [-0.3, -0.25) is 9.59 Å². The average molecular weight is 150 g/mol. The van der Waals surface area contributed by atoms with Gasteiger partial charge < -0.3 is 0 Å². The summed E-state index contributed by atoms with van der Waals surface area (Å²) >= 11 is 0. The molecule has 0 aliphatic heterocycles. The minimum Gasteiger partial charge on any atom is -0.295 e. The van der Waals surface area contributed by atoms with Crippen LogP contribution in [-0.2, 0) is 9.59 Å². The summed E-state index contributed by atoms with van der Waals surface area (Å²) in [6, 6.07) is 0. The van der Waals surface area contributed by atoms with Crippen molar-refractivity contribution in [3.8, 4) is 0 Å². The first-order valence-corrected chi connectivity index (χ1v) is 4.07. The number of rotatable bonds is 0. The molecule has 11 heavy (non-hydrogen) atoms. The number of ketones is 2. The maximum absolute atomic E-state index is 11.2. The number of carbonyl (C=O) groups excluding carboxylic acids is 2. The summed E-state index contributed by atoms with van der Waals surface area (Å²) in [5.41, 5.74) is 1.70. The Bertz CT molecular complexity index is 235. The van der Waals surface area contributed by atoms with E-state index < -0.39 is 0 Å². The molecule has 0 N–H and O–H groups in total. The SMILES string of the molecule is O=C1CCC(=O)C2=C1CCC2. The van der Waals surface area contributed by atoms with Crippen LogP contribution in [0.3, 0.4) is 0 Å². The zero-order valence-electron chi connectivity index (χ0n) is 6.35. The lowest BCUT2D eigenvalue weighted by Crippen LogP contribution is -2.15. The van der Waals surface area contributed by atoms with Crippen LogP contribution >= 0.6 is 0 Å². The van der Waals surface area contributed by atoms with Gasteiger partial charge in [-0.15, -0.1) is 0 Å². The van der Waals surface area contributed by atoms with Crippen molar-refractivity contribution in [2.45, 2.75) is 32.1 Å². The summed E-state index contributed by atoms with van der Waals surface area (Å²) in [7, 11) is 0. The Balaban J connectivity index is 2.42. The van der Waals surface area contributed by atoms with Gasteiger partial charge in [-0.1, -0.05) is 0 Å². The third kappa shape index (κ3) is 0.934. The van der Waals surface area contributed by atoms with Crippen LogP contribution in [0.2, 0.25) is 0 Å². The number of hydrogen-bond acceptors (Lipinski definition) is 2. The molecule has 0 saturated heterocycles. The van der Waals surface area contributed by atoms with E-state index in [4.69, 9.17) is 0 Å². The van der Waals surface area contributed by atoms with Crippen LogP contribution in [0.15, 0.2) is 11.1 Å². The van der Waals surface area contributed by atoms with E-state index in [0.717, 1.165) is 30.4 Å². The molecule has 2 aliphatic rings. The zero-order chi connectivity index (χ0) is 7.84. The third-order valence-corrected chi connectivity index (χ3v) is 2.47. The van der Waals surface area contributed by atoms with Crippen LogP contribution in [0.1, 0.15) is 32.1 Å². The van der Waals surface area contributed by atoms with E-state index >= 15 is 0 Å². The van der Waals surface area contributed by atoms with E-state index in [2.05, 4.69) is 0 Å². The lowest BCUT2D eigenvalue weighted by Gasteiger charge is -2.10. The predicted octanol–water partition coefficient (Wildman–Crippen LogP) is 1.40. The molecule has 0 aromatic heterocycles. The molecule has 0 saturated carbocycles. The summed E-state index contributed by atoms with van der Waals surface area (Å²) in [6.45, 7) is 0. The number of hydrogen-bond donors (Lipinski definition) is 0. The van der Waals surface area contributed by atoms with E-state index in [9.17, 15) is 9.59 Å². The Morgan fingerprint density at radius 1 is 0.727 bits per heavy atom. The summed E-state index contributed by atoms with van der Waals surface area (Å²) in [5, 5.41) is 0. The van der Waals surface area contributed by atoms with Gasteiger partial charge >= 0.3 is 0 Å². The van der Waals surface area contributed by atoms with Crippen molar-refractivity contribution in [2.24, 2.45) is 0 Å². The Labute approximate surface area is 65.3 Å². The van der Waals surface area contributed by atoms with Gasteiger partial charge in [0, 0.05) is 24.0 Å². The first kappa shape index (κ1) is 6.77. The highest BCUT2D eigenvalue weighted by molar-refractivity contribution is 6.12.